The Morgan fingerprint density at radius 3 is 2.56 bits per heavy atom. The standard InChI is InChI=1S/C13H24ClN3O/c1-13(2,3)8-11(18)12-10(14)9-15-17(12)7-6-16(4)5/h9,11,18H,6-8H2,1-5H3. The van der Waals surface area contributed by atoms with Crippen LogP contribution in [0.1, 0.15) is 39.0 Å². The van der Waals surface area contributed by atoms with Gasteiger partial charge in [0.25, 0.3) is 0 Å². The highest BCUT2D eigenvalue weighted by atomic mass is 35.5. The van der Waals surface area contributed by atoms with Crippen molar-refractivity contribution in [3.05, 3.63) is 16.9 Å². The number of likely N-dealkylation sites (N-methyl/N-ethyl adjacent to an activating group) is 1. The summed E-state index contributed by atoms with van der Waals surface area (Å²) in [5.41, 5.74) is 0.785. The van der Waals surface area contributed by atoms with Gasteiger partial charge in [-0.25, -0.2) is 0 Å². The maximum absolute atomic E-state index is 10.3. The minimum Gasteiger partial charge on any atom is -0.387 e. The molecule has 104 valence electrons. The highest BCUT2D eigenvalue weighted by Gasteiger charge is 2.23. The summed E-state index contributed by atoms with van der Waals surface area (Å²) in [6.45, 7) is 7.91. The monoisotopic (exact) mass is 273 g/mol. The zero-order chi connectivity index (χ0) is 13.9. The van der Waals surface area contributed by atoms with Gasteiger partial charge in [-0.2, -0.15) is 5.10 Å². The molecule has 18 heavy (non-hydrogen) atoms. The summed E-state index contributed by atoms with van der Waals surface area (Å²) in [4.78, 5) is 2.08. The third-order valence-corrected chi connectivity index (χ3v) is 3.00. The van der Waals surface area contributed by atoms with E-state index in [9.17, 15) is 5.11 Å². The van der Waals surface area contributed by atoms with E-state index in [4.69, 9.17) is 11.6 Å². The molecule has 1 unspecified atom stereocenters. The van der Waals surface area contributed by atoms with Gasteiger partial charge >= 0.3 is 0 Å². The molecule has 1 rings (SSSR count). The van der Waals surface area contributed by atoms with E-state index in [-0.39, 0.29) is 5.41 Å². The van der Waals surface area contributed by atoms with Crippen LogP contribution < -0.4 is 0 Å². The lowest BCUT2D eigenvalue weighted by Crippen LogP contribution is -2.22. The third-order valence-electron chi connectivity index (χ3n) is 2.71. The lowest BCUT2D eigenvalue weighted by Gasteiger charge is -2.23. The first-order chi connectivity index (χ1) is 8.20. The van der Waals surface area contributed by atoms with Gasteiger partial charge in [-0.3, -0.25) is 4.68 Å². The van der Waals surface area contributed by atoms with Crippen LogP contribution in [0.4, 0.5) is 0 Å². The molecule has 5 heteroatoms. The minimum atomic E-state index is -0.567. The maximum Gasteiger partial charge on any atom is 0.0976 e. The largest absolute Gasteiger partial charge is 0.387 e. The van der Waals surface area contributed by atoms with Gasteiger partial charge in [0.15, 0.2) is 0 Å². The molecule has 0 saturated heterocycles. The van der Waals surface area contributed by atoms with Gasteiger partial charge in [0.05, 0.1) is 29.6 Å². The molecule has 0 aromatic carbocycles. The highest BCUT2D eigenvalue weighted by Crippen LogP contribution is 2.32. The molecule has 0 aliphatic carbocycles. The second-order valence-electron chi connectivity index (χ2n) is 6.18. The Hall–Kier alpha value is -0.580. The minimum absolute atomic E-state index is 0.0550. The number of aliphatic hydroxyl groups excluding tert-OH is 1. The zero-order valence-electron chi connectivity index (χ0n) is 11.9. The van der Waals surface area contributed by atoms with Gasteiger partial charge in [-0.05, 0) is 25.9 Å². The predicted octanol–water partition coefficient (Wildman–Crippen LogP) is 2.57. The maximum atomic E-state index is 10.3. The highest BCUT2D eigenvalue weighted by molar-refractivity contribution is 6.31. The molecule has 1 aromatic rings. The van der Waals surface area contributed by atoms with Crippen molar-refractivity contribution >= 4 is 11.6 Å². The third kappa shape index (κ3) is 4.59. The fraction of sp³-hybridized carbons (Fsp3) is 0.769. The van der Waals surface area contributed by atoms with Crippen molar-refractivity contribution in [1.82, 2.24) is 14.7 Å². The van der Waals surface area contributed by atoms with E-state index < -0.39 is 6.10 Å². The quantitative estimate of drug-likeness (QED) is 0.897. The lowest BCUT2D eigenvalue weighted by atomic mass is 9.88. The van der Waals surface area contributed by atoms with E-state index in [1.807, 2.05) is 14.1 Å². The van der Waals surface area contributed by atoms with E-state index in [1.165, 1.54) is 0 Å². The molecule has 1 N–H and O–H groups in total. The van der Waals surface area contributed by atoms with Crippen LogP contribution in [0.3, 0.4) is 0 Å². The molecule has 0 radical (unpaired) electrons. The van der Waals surface area contributed by atoms with E-state index in [2.05, 4.69) is 30.8 Å². The van der Waals surface area contributed by atoms with Gasteiger partial charge < -0.3 is 10.0 Å². The van der Waals surface area contributed by atoms with E-state index in [1.54, 1.807) is 10.9 Å². The van der Waals surface area contributed by atoms with Gasteiger partial charge in [0.1, 0.15) is 0 Å². The van der Waals surface area contributed by atoms with E-state index in [0.29, 0.717) is 11.4 Å². The number of rotatable bonds is 5. The number of aromatic nitrogens is 2. The number of hydrogen-bond donors (Lipinski definition) is 1. The van der Waals surface area contributed by atoms with E-state index in [0.717, 1.165) is 18.8 Å². The molecule has 0 aliphatic heterocycles. The average Bonchev–Trinajstić information content (AvgIpc) is 2.53. The Labute approximate surface area is 115 Å². The Kier molecular flexibility index (Phi) is 5.20. The van der Waals surface area contributed by atoms with Gasteiger partial charge in [-0.15, -0.1) is 0 Å². The first-order valence-electron chi connectivity index (χ1n) is 6.25. The number of nitrogens with zero attached hydrogens (tertiary/aromatic N) is 3. The molecule has 0 bridgehead atoms. The van der Waals surface area contributed by atoms with Crippen molar-refractivity contribution in [2.24, 2.45) is 5.41 Å². The first-order valence-corrected chi connectivity index (χ1v) is 6.62. The average molecular weight is 274 g/mol. The van der Waals surface area contributed by atoms with Crippen LogP contribution in [-0.2, 0) is 6.54 Å². The summed E-state index contributed by atoms with van der Waals surface area (Å²) in [5, 5.41) is 15.1. The molecule has 1 aromatic heterocycles. The Balaban J connectivity index is 2.83. The number of halogens is 1. The van der Waals surface area contributed by atoms with Crippen LogP contribution in [0.25, 0.3) is 0 Å². The molecule has 1 heterocycles. The summed E-state index contributed by atoms with van der Waals surface area (Å²) < 4.78 is 1.80. The van der Waals surface area contributed by atoms with Crippen LogP contribution in [0, 0.1) is 5.41 Å². The fourth-order valence-electron chi connectivity index (χ4n) is 1.85. The second kappa shape index (κ2) is 6.04. The van der Waals surface area contributed by atoms with Gasteiger partial charge in [0, 0.05) is 6.54 Å². The Morgan fingerprint density at radius 1 is 1.44 bits per heavy atom. The van der Waals surface area contributed by atoms with Crippen molar-refractivity contribution in [1.29, 1.82) is 0 Å². The number of hydrogen-bond acceptors (Lipinski definition) is 3. The van der Waals surface area contributed by atoms with Crippen molar-refractivity contribution in [3.8, 4) is 0 Å². The van der Waals surface area contributed by atoms with E-state index >= 15 is 0 Å². The van der Waals surface area contributed by atoms with Crippen molar-refractivity contribution in [2.45, 2.75) is 39.8 Å². The van der Waals surface area contributed by atoms with Crippen molar-refractivity contribution in [3.63, 3.8) is 0 Å². The Morgan fingerprint density at radius 2 is 2.06 bits per heavy atom. The normalized spacial score (nSPS) is 14.2. The topological polar surface area (TPSA) is 41.3 Å². The predicted molar refractivity (Wildman–Crippen MR) is 74.8 cm³/mol. The van der Waals surface area contributed by atoms with Crippen molar-refractivity contribution in [2.75, 3.05) is 20.6 Å². The number of aliphatic hydroxyl groups is 1. The van der Waals surface area contributed by atoms with Crippen molar-refractivity contribution < 1.29 is 5.11 Å². The summed E-state index contributed by atoms with van der Waals surface area (Å²) in [7, 11) is 4.02. The molecule has 0 spiro atoms. The van der Waals surface area contributed by atoms with Crippen LogP contribution in [0.15, 0.2) is 6.20 Å². The smallest absolute Gasteiger partial charge is 0.0976 e. The van der Waals surface area contributed by atoms with Gasteiger partial charge in [-0.1, -0.05) is 32.4 Å². The SMILES string of the molecule is CN(C)CCn1ncc(Cl)c1C(O)CC(C)(C)C. The van der Waals surface area contributed by atoms with Crippen LogP contribution >= 0.6 is 11.6 Å². The molecular formula is C13H24ClN3O. The summed E-state index contributed by atoms with van der Waals surface area (Å²) >= 11 is 6.13. The summed E-state index contributed by atoms with van der Waals surface area (Å²) in [6.07, 6.45) is 1.71. The van der Waals surface area contributed by atoms with Crippen LogP contribution in [-0.4, -0.2) is 40.4 Å². The summed E-state index contributed by atoms with van der Waals surface area (Å²) in [6, 6.07) is 0. The molecule has 0 amide bonds. The lowest BCUT2D eigenvalue weighted by molar-refractivity contribution is 0.113. The second-order valence-corrected chi connectivity index (χ2v) is 6.59. The summed E-state index contributed by atoms with van der Waals surface area (Å²) in [5.74, 6) is 0. The Bertz CT molecular complexity index is 382. The fourth-order valence-corrected chi connectivity index (χ4v) is 2.12. The van der Waals surface area contributed by atoms with Crippen LogP contribution in [0.2, 0.25) is 5.02 Å². The molecule has 1 atom stereocenters. The first kappa shape index (κ1) is 15.5. The molecule has 0 fully saturated rings. The molecule has 0 saturated carbocycles. The zero-order valence-corrected chi connectivity index (χ0v) is 12.7. The molecular weight excluding hydrogens is 250 g/mol. The van der Waals surface area contributed by atoms with Crippen LogP contribution in [0.5, 0.6) is 0 Å². The van der Waals surface area contributed by atoms with Gasteiger partial charge in [0.2, 0.25) is 0 Å². The molecule has 0 aliphatic rings. The molecule has 4 nitrogen and oxygen atoms in total.